The van der Waals surface area contributed by atoms with E-state index in [0.29, 0.717) is 11.4 Å². The molecule has 6 heteroatoms. The molecule has 3 aliphatic rings. The fraction of sp³-hybridized carbons (Fsp3) is 0.118. The second-order valence-electron chi connectivity index (χ2n) is 5.47. The Balaban J connectivity index is 1.69. The fourth-order valence-corrected chi connectivity index (χ4v) is 2.99. The summed E-state index contributed by atoms with van der Waals surface area (Å²) in [5, 5.41) is 26.3. The Labute approximate surface area is 133 Å². The largest absolute Gasteiger partial charge is 0.379 e. The van der Waals surface area contributed by atoms with Crippen molar-refractivity contribution >= 4 is 6.08 Å². The molecule has 1 aliphatic carbocycles. The topological polar surface area (TPSA) is 101 Å². The molecule has 4 rings (SSSR count). The zero-order chi connectivity index (χ0) is 15.8. The van der Waals surface area contributed by atoms with Gasteiger partial charge in [-0.15, -0.1) is 0 Å². The van der Waals surface area contributed by atoms with Crippen molar-refractivity contribution in [2.75, 3.05) is 0 Å². The van der Waals surface area contributed by atoms with Crippen LogP contribution < -0.4 is 16.0 Å². The minimum Gasteiger partial charge on any atom is -0.379 e. The van der Waals surface area contributed by atoms with Gasteiger partial charge in [-0.3, -0.25) is 5.32 Å². The molecule has 0 bridgehead atoms. The van der Waals surface area contributed by atoms with Gasteiger partial charge in [0.25, 0.3) is 0 Å². The van der Waals surface area contributed by atoms with Crippen molar-refractivity contribution in [1.82, 2.24) is 15.6 Å². The molecule has 2 aliphatic heterocycles. The summed E-state index contributed by atoms with van der Waals surface area (Å²) in [5.74, 6) is 0. The summed E-state index contributed by atoms with van der Waals surface area (Å²) in [7, 11) is 0. The van der Waals surface area contributed by atoms with E-state index in [1.54, 1.807) is 5.32 Å². The van der Waals surface area contributed by atoms with Gasteiger partial charge in [0.1, 0.15) is 11.8 Å². The molecule has 0 saturated heterocycles. The van der Waals surface area contributed by atoms with Crippen LogP contribution in [0.4, 0.5) is 0 Å². The summed E-state index contributed by atoms with van der Waals surface area (Å²) in [4.78, 5) is 4.79. The zero-order valence-electron chi connectivity index (χ0n) is 12.1. The summed E-state index contributed by atoms with van der Waals surface area (Å²) in [6.07, 6.45) is 9.85. The Kier molecular flexibility index (Phi) is 2.97. The summed E-state index contributed by atoms with van der Waals surface area (Å²) in [5.41, 5.74) is 4.67. The number of hydrogen-bond acceptors (Lipinski definition) is 5. The number of hydrogen-bond donors (Lipinski definition) is 3. The molecular formula is C17H13N6+. The highest BCUT2D eigenvalue weighted by molar-refractivity contribution is 5.63. The van der Waals surface area contributed by atoms with Crippen LogP contribution >= 0.6 is 0 Å². The average molecular weight is 301 g/mol. The lowest BCUT2D eigenvalue weighted by Gasteiger charge is -2.26. The molecule has 3 heterocycles. The summed E-state index contributed by atoms with van der Waals surface area (Å²) in [6.45, 7) is 0. The highest BCUT2D eigenvalue weighted by Crippen LogP contribution is 2.32. The van der Waals surface area contributed by atoms with E-state index in [0.717, 1.165) is 17.0 Å². The van der Waals surface area contributed by atoms with Gasteiger partial charge < -0.3 is 10.6 Å². The van der Waals surface area contributed by atoms with Crippen molar-refractivity contribution in [3.8, 4) is 12.1 Å². The van der Waals surface area contributed by atoms with E-state index in [-0.39, 0.29) is 12.2 Å². The first-order chi connectivity index (χ1) is 11.3. The van der Waals surface area contributed by atoms with E-state index in [4.69, 9.17) is 15.5 Å². The first-order valence-corrected chi connectivity index (χ1v) is 7.28. The lowest BCUT2D eigenvalue weighted by Crippen LogP contribution is -2.82. The molecular weight excluding hydrogens is 288 g/mol. The molecule has 4 N–H and O–H groups in total. The van der Waals surface area contributed by atoms with Crippen LogP contribution in [0.3, 0.4) is 0 Å². The van der Waals surface area contributed by atoms with Crippen LogP contribution in [0, 0.1) is 22.7 Å². The minimum absolute atomic E-state index is 0.0418. The lowest BCUT2D eigenvalue weighted by atomic mass is 9.91. The number of fused-ring (bicyclic) bond motifs is 3. The Morgan fingerprint density at radius 2 is 2.09 bits per heavy atom. The SMILES string of the molecule is N#CC1=C(C#N)[NH2+]C(c2ccc3c(n2)C2NC=CC=C2C=C3)N1. The van der Waals surface area contributed by atoms with Gasteiger partial charge in [-0.25, -0.2) is 4.98 Å². The Bertz CT molecular complexity index is 865. The summed E-state index contributed by atoms with van der Waals surface area (Å²) in [6, 6.07) is 8.06. The molecule has 1 aromatic heterocycles. The van der Waals surface area contributed by atoms with Gasteiger partial charge in [0.15, 0.2) is 11.8 Å². The zero-order valence-corrected chi connectivity index (χ0v) is 12.1. The van der Waals surface area contributed by atoms with Gasteiger partial charge in [0.05, 0.1) is 11.7 Å². The van der Waals surface area contributed by atoms with Crippen molar-refractivity contribution in [3.05, 3.63) is 70.5 Å². The number of aromatic nitrogens is 1. The van der Waals surface area contributed by atoms with Gasteiger partial charge in [-0.1, -0.05) is 24.3 Å². The summed E-state index contributed by atoms with van der Waals surface area (Å²) >= 11 is 0. The number of quaternary nitrogens is 1. The van der Waals surface area contributed by atoms with E-state index < -0.39 is 0 Å². The summed E-state index contributed by atoms with van der Waals surface area (Å²) < 4.78 is 0. The molecule has 23 heavy (non-hydrogen) atoms. The standard InChI is InChI=1S/C17H12N6/c18-8-13-14(9-19)23-17(22-13)12-6-5-11-4-3-10-2-1-7-20-15(10)16(11)21-12/h1-7,15,17,20,22-23H/p+1. The van der Waals surface area contributed by atoms with E-state index in [1.165, 1.54) is 5.57 Å². The average Bonchev–Trinajstić information content (AvgIpc) is 3.04. The lowest BCUT2D eigenvalue weighted by molar-refractivity contribution is -0.640. The molecule has 0 aromatic carbocycles. The third-order valence-electron chi connectivity index (χ3n) is 4.14. The number of pyridine rings is 1. The first kappa shape index (κ1) is 13.3. The van der Waals surface area contributed by atoms with Crippen molar-refractivity contribution in [3.63, 3.8) is 0 Å². The predicted octanol–water partition coefficient (Wildman–Crippen LogP) is 0.617. The number of nitrogens with zero attached hydrogens (tertiary/aromatic N) is 3. The van der Waals surface area contributed by atoms with E-state index in [1.807, 2.05) is 36.5 Å². The highest BCUT2D eigenvalue weighted by Gasteiger charge is 2.32. The van der Waals surface area contributed by atoms with Crippen molar-refractivity contribution in [1.29, 1.82) is 10.5 Å². The number of allylic oxidation sites excluding steroid dienone is 4. The molecule has 2 unspecified atom stereocenters. The Morgan fingerprint density at radius 3 is 2.87 bits per heavy atom. The molecule has 0 amide bonds. The second kappa shape index (κ2) is 5.13. The normalized spacial score (nSPS) is 23.8. The van der Waals surface area contributed by atoms with E-state index in [9.17, 15) is 0 Å². The Hall–Kier alpha value is -3.35. The molecule has 0 fully saturated rings. The van der Waals surface area contributed by atoms with Crippen molar-refractivity contribution < 1.29 is 5.32 Å². The van der Waals surface area contributed by atoms with Gasteiger partial charge in [-0.05, 0) is 29.5 Å². The van der Waals surface area contributed by atoms with Gasteiger partial charge >= 0.3 is 0 Å². The van der Waals surface area contributed by atoms with E-state index >= 15 is 0 Å². The van der Waals surface area contributed by atoms with Crippen LogP contribution in [0.1, 0.15) is 29.2 Å². The van der Waals surface area contributed by atoms with Crippen LogP contribution in [-0.2, 0) is 0 Å². The maximum atomic E-state index is 9.09. The maximum Gasteiger partial charge on any atom is 0.244 e. The molecule has 1 aromatic rings. The fourth-order valence-electron chi connectivity index (χ4n) is 2.99. The second-order valence-corrected chi connectivity index (χ2v) is 5.47. The van der Waals surface area contributed by atoms with Crippen LogP contribution in [-0.4, -0.2) is 4.98 Å². The predicted molar refractivity (Wildman–Crippen MR) is 82.4 cm³/mol. The number of nitriles is 2. The molecule has 6 nitrogen and oxygen atoms in total. The quantitative estimate of drug-likeness (QED) is 0.706. The smallest absolute Gasteiger partial charge is 0.244 e. The molecule has 0 radical (unpaired) electrons. The third-order valence-corrected chi connectivity index (χ3v) is 4.14. The number of rotatable bonds is 1. The maximum absolute atomic E-state index is 9.09. The number of nitrogens with one attached hydrogen (secondary N) is 2. The van der Waals surface area contributed by atoms with Crippen LogP contribution in [0.2, 0.25) is 0 Å². The van der Waals surface area contributed by atoms with Crippen LogP contribution in [0.5, 0.6) is 0 Å². The molecule has 0 saturated carbocycles. The minimum atomic E-state index is -0.248. The van der Waals surface area contributed by atoms with Gasteiger partial charge in [0.2, 0.25) is 11.9 Å². The molecule has 2 atom stereocenters. The number of nitrogens with two attached hydrogens (primary N) is 1. The molecule has 0 spiro atoms. The third kappa shape index (κ3) is 2.10. The number of dihydropyridines is 1. The van der Waals surface area contributed by atoms with Crippen molar-refractivity contribution in [2.24, 2.45) is 0 Å². The highest BCUT2D eigenvalue weighted by atomic mass is 15.2. The van der Waals surface area contributed by atoms with Gasteiger partial charge in [-0.2, -0.15) is 10.5 Å². The van der Waals surface area contributed by atoms with Crippen LogP contribution in [0.25, 0.3) is 6.08 Å². The van der Waals surface area contributed by atoms with Crippen LogP contribution in [0.15, 0.2) is 53.5 Å². The van der Waals surface area contributed by atoms with Crippen molar-refractivity contribution in [2.45, 2.75) is 12.2 Å². The van der Waals surface area contributed by atoms with E-state index in [2.05, 4.69) is 28.9 Å². The molecule has 110 valence electrons. The van der Waals surface area contributed by atoms with Gasteiger partial charge in [0, 0.05) is 0 Å². The first-order valence-electron chi connectivity index (χ1n) is 7.28. The Morgan fingerprint density at radius 1 is 1.17 bits per heavy atom. The monoisotopic (exact) mass is 301 g/mol.